The summed E-state index contributed by atoms with van der Waals surface area (Å²) in [5.41, 5.74) is 0.691. The Labute approximate surface area is 154 Å². The van der Waals surface area contributed by atoms with Crippen molar-refractivity contribution < 1.29 is 19.0 Å². The lowest BCUT2D eigenvalue weighted by Gasteiger charge is -2.14. The Kier molecular flexibility index (Phi) is 7.82. The van der Waals surface area contributed by atoms with Crippen LogP contribution in [0.5, 0.6) is 11.5 Å². The molecule has 1 aromatic carbocycles. The van der Waals surface area contributed by atoms with Gasteiger partial charge in [-0.1, -0.05) is 0 Å². The van der Waals surface area contributed by atoms with Crippen molar-refractivity contribution in [2.75, 3.05) is 33.9 Å². The van der Waals surface area contributed by atoms with Crippen LogP contribution in [-0.4, -0.2) is 44.9 Å². The molecule has 1 atom stereocenters. The van der Waals surface area contributed by atoms with Crippen LogP contribution in [-0.2, 0) is 6.42 Å². The first-order chi connectivity index (χ1) is 12.7. The van der Waals surface area contributed by atoms with Crippen molar-refractivity contribution in [2.24, 2.45) is 4.99 Å². The number of benzene rings is 1. The van der Waals surface area contributed by atoms with Gasteiger partial charge < -0.3 is 29.6 Å². The van der Waals surface area contributed by atoms with Crippen molar-refractivity contribution in [1.29, 1.82) is 0 Å². The number of guanidine groups is 1. The molecule has 1 heterocycles. The second kappa shape index (κ2) is 10.4. The molecule has 2 rings (SSSR count). The Balaban J connectivity index is 1.96. The Bertz CT molecular complexity index is 664. The van der Waals surface area contributed by atoms with E-state index in [1.165, 1.54) is 0 Å². The minimum absolute atomic E-state index is 0.215. The summed E-state index contributed by atoms with van der Waals surface area (Å²) in [6.45, 7) is 3.62. The highest BCUT2D eigenvalue weighted by Crippen LogP contribution is 2.26. The number of aliphatic hydroxyl groups is 1. The molecule has 0 amide bonds. The standard InChI is InChI=1S/C19H27N3O4/c1-4-20-19(21-8-7-15-6-5-9-26-15)22-13-18(23)14-10-16(24-2)12-17(11-14)25-3/h5-6,9-12,18,23H,4,7-8,13H2,1-3H3,(H2,20,21,22). The van der Waals surface area contributed by atoms with Crippen LogP contribution in [0.4, 0.5) is 0 Å². The normalized spacial score (nSPS) is 12.5. The lowest BCUT2D eigenvalue weighted by atomic mass is 10.1. The molecule has 1 unspecified atom stereocenters. The molecule has 0 radical (unpaired) electrons. The maximum absolute atomic E-state index is 10.5. The summed E-state index contributed by atoms with van der Waals surface area (Å²) in [6, 6.07) is 9.12. The van der Waals surface area contributed by atoms with Crippen LogP contribution in [0.15, 0.2) is 46.0 Å². The lowest BCUT2D eigenvalue weighted by Crippen LogP contribution is -2.38. The van der Waals surface area contributed by atoms with Crippen LogP contribution in [0.2, 0.25) is 0 Å². The summed E-state index contributed by atoms with van der Waals surface area (Å²) in [7, 11) is 3.16. The molecule has 26 heavy (non-hydrogen) atoms. The van der Waals surface area contributed by atoms with Crippen molar-refractivity contribution in [3.8, 4) is 11.5 Å². The monoisotopic (exact) mass is 361 g/mol. The number of hydrogen-bond acceptors (Lipinski definition) is 5. The van der Waals surface area contributed by atoms with Crippen LogP contribution < -0.4 is 20.1 Å². The molecule has 1 aromatic heterocycles. The van der Waals surface area contributed by atoms with Crippen molar-refractivity contribution in [2.45, 2.75) is 19.4 Å². The van der Waals surface area contributed by atoms with Gasteiger partial charge in [0.25, 0.3) is 0 Å². The third-order valence-electron chi connectivity index (χ3n) is 3.77. The number of aliphatic hydroxyl groups excluding tert-OH is 1. The third-order valence-corrected chi connectivity index (χ3v) is 3.77. The zero-order chi connectivity index (χ0) is 18.8. The molecule has 0 spiro atoms. The fraction of sp³-hybridized carbons (Fsp3) is 0.421. The minimum Gasteiger partial charge on any atom is -0.497 e. The highest BCUT2D eigenvalue weighted by atomic mass is 16.5. The van der Waals surface area contributed by atoms with E-state index >= 15 is 0 Å². The van der Waals surface area contributed by atoms with Crippen LogP contribution >= 0.6 is 0 Å². The zero-order valence-corrected chi connectivity index (χ0v) is 15.5. The topological polar surface area (TPSA) is 88.3 Å². The average molecular weight is 361 g/mol. The van der Waals surface area contributed by atoms with Crippen LogP contribution in [0.25, 0.3) is 0 Å². The Hall–Kier alpha value is -2.67. The first-order valence-corrected chi connectivity index (χ1v) is 8.61. The highest BCUT2D eigenvalue weighted by molar-refractivity contribution is 5.79. The number of hydrogen-bond donors (Lipinski definition) is 3. The molecule has 0 saturated heterocycles. The van der Waals surface area contributed by atoms with Gasteiger partial charge in [0.1, 0.15) is 17.3 Å². The molecule has 0 saturated carbocycles. The first-order valence-electron chi connectivity index (χ1n) is 8.61. The van der Waals surface area contributed by atoms with Crippen molar-refractivity contribution >= 4 is 5.96 Å². The van der Waals surface area contributed by atoms with Gasteiger partial charge in [0.2, 0.25) is 0 Å². The van der Waals surface area contributed by atoms with E-state index in [9.17, 15) is 5.11 Å². The fourth-order valence-electron chi connectivity index (χ4n) is 2.41. The molecule has 0 aliphatic carbocycles. The Morgan fingerprint density at radius 1 is 1.19 bits per heavy atom. The van der Waals surface area contributed by atoms with Gasteiger partial charge in [0, 0.05) is 25.6 Å². The molecule has 0 aliphatic heterocycles. The quantitative estimate of drug-likeness (QED) is 0.468. The van der Waals surface area contributed by atoms with Gasteiger partial charge in [-0.25, -0.2) is 0 Å². The Morgan fingerprint density at radius 2 is 1.92 bits per heavy atom. The van der Waals surface area contributed by atoms with Crippen molar-refractivity contribution in [3.63, 3.8) is 0 Å². The summed E-state index contributed by atoms with van der Waals surface area (Å²) in [5.74, 6) is 2.82. The molecule has 7 heteroatoms. The summed E-state index contributed by atoms with van der Waals surface area (Å²) in [5, 5.41) is 16.9. The number of methoxy groups -OCH3 is 2. The molecule has 0 aliphatic rings. The van der Waals surface area contributed by atoms with Gasteiger partial charge in [-0.15, -0.1) is 0 Å². The molecule has 2 aromatic rings. The predicted molar refractivity (Wildman–Crippen MR) is 101 cm³/mol. The van der Waals surface area contributed by atoms with Crippen molar-refractivity contribution in [1.82, 2.24) is 10.6 Å². The summed E-state index contributed by atoms with van der Waals surface area (Å²) in [6.07, 6.45) is 1.65. The summed E-state index contributed by atoms with van der Waals surface area (Å²) >= 11 is 0. The van der Waals surface area contributed by atoms with E-state index in [0.29, 0.717) is 29.6 Å². The van der Waals surface area contributed by atoms with E-state index < -0.39 is 6.10 Å². The van der Waals surface area contributed by atoms with E-state index in [1.54, 1.807) is 38.7 Å². The molecular formula is C19H27N3O4. The predicted octanol–water partition coefficient (Wildman–Crippen LogP) is 2.13. The van der Waals surface area contributed by atoms with Crippen LogP contribution in [0, 0.1) is 0 Å². The van der Waals surface area contributed by atoms with Crippen LogP contribution in [0.3, 0.4) is 0 Å². The zero-order valence-electron chi connectivity index (χ0n) is 15.5. The van der Waals surface area contributed by atoms with Crippen molar-refractivity contribution in [3.05, 3.63) is 47.9 Å². The first kappa shape index (κ1) is 19.7. The van der Waals surface area contributed by atoms with Gasteiger partial charge in [-0.05, 0) is 36.8 Å². The third kappa shape index (κ3) is 6.00. The number of aliphatic imine (C=N–C) groups is 1. The van der Waals surface area contributed by atoms with E-state index in [2.05, 4.69) is 15.6 Å². The minimum atomic E-state index is -0.764. The molecule has 0 fully saturated rings. The smallest absolute Gasteiger partial charge is 0.191 e. The summed E-state index contributed by atoms with van der Waals surface area (Å²) in [4.78, 5) is 4.45. The highest BCUT2D eigenvalue weighted by Gasteiger charge is 2.11. The van der Waals surface area contributed by atoms with Crippen LogP contribution in [0.1, 0.15) is 24.4 Å². The molecule has 7 nitrogen and oxygen atoms in total. The number of nitrogens with zero attached hydrogens (tertiary/aromatic N) is 1. The second-order valence-electron chi connectivity index (χ2n) is 5.64. The van der Waals surface area contributed by atoms with E-state index in [-0.39, 0.29) is 6.54 Å². The second-order valence-corrected chi connectivity index (χ2v) is 5.64. The maximum atomic E-state index is 10.5. The van der Waals surface area contributed by atoms with Gasteiger partial charge in [-0.3, -0.25) is 4.99 Å². The summed E-state index contributed by atoms with van der Waals surface area (Å²) < 4.78 is 15.8. The number of nitrogens with one attached hydrogen (secondary N) is 2. The SMILES string of the molecule is CCNC(=NCC(O)c1cc(OC)cc(OC)c1)NCCc1ccco1. The van der Waals surface area contributed by atoms with E-state index in [0.717, 1.165) is 18.7 Å². The van der Waals surface area contributed by atoms with Gasteiger partial charge in [-0.2, -0.15) is 0 Å². The number of furan rings is 1. The fourth-order valence-corrected chi connectivity index (χ4v) is 2.41. The number of ether oxygens (including phenoxy) is 2. The average Bonchev–Trinajstić information content (AvgIpc) is 3.18. The largest absolute Gasteiger partial charge is 0.497 e. The lowest BCUT2D eigenvalue weighted by molar-refractivity contribution is 0.186. The molecule has 142 valence electrons. The number of rotatable bonds is 9. The van der Waals surface area contributed by atoms with E-state index in [4.69, 9.17) is 13.9 Å². The molecule has 0 bridgehead atoms. The van der Waals surface area contributed by atoms with Gasteiger partial charge in [0.05, 0.1) is 33.1 Å². The maximum Gasteiger partial charge on any atom is 0.191 e. The molecular weight excluding hydrogens is 334 g/mol. The molecule has 3 N–H and O–H groups in total. The Morgan fingerprint density at radius 3 is 2.50 bits per heavy atom. The van der Waals surface area contributed by atoms with E-state index in [1.807, 2.05) is 19.1 Å². The van der Waals surface area contributed by atoms with Gasteiger partial charge in [0.15, 0.2) is 5.96 Å². The van der Waals surface area contributed by atoms with Gasteiger partial charge >= 0.3 is 0 Å².